The van der Waals surface area contributed by atoms with Crippen LogP contribution in [0.4, 0.5) is 0 Å². The Morgan fingerprint density at radius 2 is 2.24 bits per heavy atom. The molecule has 1 aromatic rings. The molecule has 0 bridgehead atoms. The van der Waals surface area contributed by atoms with E-state index in [1.54, 1.807) is 4.90 Å². The molecule has 1 fully saturated rings. The lowest BCUT2D eigenvalue weighted by molar-refractivity contribution is 0.0676. The van der Waals surface area contributed by atoms with Crippen LogP contribution in [0.25, 0.3) is 0 Å². The van der Waals surface area contributed by atoms with Gasteiger partial charge in [-0.25, -0.2) is 13.1 Å². The number of halogens is 2. The molecule has 118 valence electrons. The Labute approximate surface area is 145 Å². The van der Waals surface area contributed by atoms with Crippen molar-refractivity contribution in [2.75, 3.05) is 25.9 Å². The van der Waals surface area contributed by atoms with E-state index in [1.807, 2.05) is 6.07 Å². The fourth-order valence-corrected chi connectivity index (χ4v) is 5.66. The Bertz CT molecular complexity index is 630. The van der Waals surface area contributed by atoms with Crippen LogP contribution in [-0.2, 0) is 10.0 Å². The molecular formula is C12H16Br2N2O3S2. The van der Waals surface area contributed by atoms with Crippen LogP contribution in [-0.4, -0.2) is 45.1 Å². The molecule has 2 heterocycles. The summed E-state index contributed by atoms with van der Waals surface area (Å²) in [6, 6.07) is 1.81. The second-order valence-corrected chi connectivity index (χ2v) is 10.7. The quantitative estimate of drug-likeness (QED) is 0.752. The molecule has 1 aliphatic rings. The summed E-state index contributed by atoms with van der Waals surface area (Å²) in [5.41, 5.74) is 0.656. The number of amides is 1. The Kier molecular flexibility index (Phi) is 5.86. The first-order chi connectivity index (χ1) is 9.76. The molecule has 1 saturated heterocycles. The maximum absolute atomic E-state index is 12.5. The van der Waals surface area contributed by atoms with Gasteiger partial charge in [0.25, 0.3) is 5.91 Å². The standard InChI is InChI=1S/C12H16Br2N2O3S2/c1-21(18,19)15-6-8-3-2-4-16(7-8)12(17)9-5-10(13)20-11(9)14/h5,8,15H,2-4,6-7H2,1H3. The highest BCUT2D eigenvalue weighted by Crippen LogP contribution is 2.33. The second kappa shape index (κ2) is 7.08. The predicted octanol–water partition coefficient (Wildman–Crippen LogP) is 2.67. The molecule has 2 rings (SSSR count). The Hall–Kier alpha value is 0.0400. The number of sulfonamides is 1. The molecule has 1 amide bonds. The summed E-state index contributed by atoms with van der Waals surface area (Å²) in [5, 5.41) is 0. The summed E-state index contributed by atoms with van der Waals surface area (Å²) < 4.78 is 26.6. The lowest BCUT2D eigenvalue weighted by Crippen LogP contribution is -2.43. The van der Waals surface area contributed by atoms with Crippen LogP contribution >= 0.6 is 43.2 Å². The maximum Gasteiger partial charge on any atom is 0.255 e. The summed E-state index contributed by atoms with van der Waals surface area (Å²) in [6.07, 6.45) is 2.98. The third-order valence-electron chi connectivity index (χ3n) is 3.33. The van der Waals surface area contributed by atoms with Crippen molar-refractivity contribution < 1.29 is 13.2 Å². The van der Waals surface area contributed by atoms with Gasteiger partial charge in [-0.15, -0.1) is 11.3 Å². The summed E-state index contributed by atoms with van der Waals surface area (Å²) in [4.78, 5) is 14.3. The SMILES string of the molecule is CS(=O)(=O)NCC1CCCN(C(=O)c2cc(Br)sc2Br)C1. The number of hydrogen-bond donors (Lipinski definition) is 1. The van der Waals surface area contributed by atoms with Crippen molar-refractivity contribution in [2.24, 2.45) is 5.92 Å². The van der Waals surface area contributed by atoms with Gasteiger partial charge in [0.15, 0.2) is 0 Å². The van der Waals surface area contributed by atoms with Crippen molar-refractivity contribution in [1.29, 1.82) is 0 Å². The number of carbonyl (C=O) groups excluding carboxylic acids is 1. The van der Waals surface area contributed by atoms with Gasteiger partial charge >= 0.3 is 0 Å². The molecule has 0 aromatic carbocycles. The number of nitrogens with zero attached hydrogens (tertiary/aromatic N) is 1. The van der Waals surface area contributed by atoms with Crippen molar-refractivity contribution in [3.8, 4) is 0 Å². The molecule has 5 nitrogen and oxygen atoms in total. The van der Waals surface area contributed by atoms with Crippen molar-refractivity contribution in [3.05, 3.63) is 19.2 Å². The van der Waals surface area contributed by atoms with Crippen LogP contribution in [0.1, 0.15) is 23.2 Å². The van der Waals surface area contributed by atoms with Gasteiger partial charge in [-0.3, -0.25) is 4.79 Å². The van der Waals surface area contributed by atoms with Crippen molar-refractivity contribution >= 4 is 59.1 Å². The van der Waals surface area contributed by atoms with Crippen LogP contribution in [0.3, 0.4) is 0 Å². The minimum atomic E-state index is -3.18. The molecule has 9 heteroatoms. The van der Waals surface area contributed by atoms with Gasteiger partial charge < -0.3 is 4.90 Å². The monoisotopic (exact) mass is 458 g/mol. The highest BCUT2D eigenvalue weighted by Gasteiger charge is 2.26. The Morgan fingerprint density at radius 3 is 2.81 bits per heavy atom. The molecule has 1 unspecified atom stereocenters. The summed E-state index contributed by atoms with van der Waals surface area (Å²) >= 11 is 8.25. The summed E-state index contributed by atoms with van der Waals surface area (Å²) in [5.74, 6) is 0.158. The summed E-state index contributed by atoms with van der Waals surface area (Å²) in [6.45, 7) is 1.69. The molecule has 1 aliphatic heterocycles. The molecule has 0 spiro atoms. The minimum Gasteiger partial charge on any atom is -0.338 e. The first-order valence-corrected chi connectivity index (χ1v) is 10.7. The summed E-state index contributed by atoms with van der Waals surface area (Å²) in [7, 11) is -3.18. The molecular weight excluding hydrogens is 444 g/mol. The number of hydrogen-bond acceptors (Lipinski definition) is 4. The van der Waals surface area contributed by atoms with E-state index in [0.717, 1.165) is 26.7 Å². The van der Waals surface area contributed by atoms with Gasteiger partial charge in [-0.2, -0.15) is 0 Å². The van der Waals surface area contributed by atoms with E-state index < -0.39 is 10.0 Å². The molecule has 0 saturated carbocycles. The third kappa shape index (κ3) is 5.02. The van der Waals surface area contributed by atoms with Crippen LogP contribution in [0, 0.1) is 5.92 Å². The van der Waals surface area contributed by atoms with Gasteiger partial charge in [0.2, 0.25) is 10.0 Å². The lowest BCUT2D eigenvalue weighted by Gasteiger charge is -2.32. The normalized spacial score (nSPS) is 19.8. The number of carbonyl (C=O) groups is 1. The smallest absolute Gasteiger partial charge is 0.255 e. The van der Waals surface area contributed by atoms with Gasteiger partial charge in [0.1, 0.15) is 0 Å². The van der Waals surface area contributed by atoms with E-state index in [9.17, 15) is 13.2 Å². The van der Waals surface area contributed by atoms with Gasteiger partial charge in [0.05, 0.1) is 19.4 Å². The molecule has 0 aliphatic carbocycles. The Balaban J connectivity index is 2.00. The zero-order valence-corrected chi connectivity index (χ0v) is 16.2. The zero-order valence-electron chi connectivity index (χ0n) is 11.4. The zero-order chi connectivity index (χ0) is 15.6. The van der Waals surface area contributed by atoms with Crippen molar-refractivity contribution in [2.45, 2.75) is 12.8 Å². The van der Waals surface area contributed by atoms with Crippen LogP contribution in [0.2, 0.25) is 0 Å². The van der Waals surface area contributed by atoms with Crippen LogP contribution < -0.4 is 4.72 Å². The molecule has 1 atom stereocenters. The number of thiophene rings is 1. The topological polar surface area (TPSA) is 66.5 Å². The van der Waals surface area contributed by atoms with E-state index in [4.69, 9.17) is 0 Å². The number of nitrogens with one attached hydrogen (secondary N) is 1. The van der Waals surface area contributed by atoms with Gasteiger partial charge in [-0.1, -0.05) is 0 Å². The van der Waals surface area contributed by atoms with Gasteiger partial charge in [0, 0.05) is 19.6 Å². The molecule has 1 N–H and O–H groups in total. The average molecular weight is 460 g/mol. The van der Waals surface area contributed by atoms with E-state index in [-0.39, 0.29) is 11.8 Å². The highest BCUT2D eigenvalue weighted by molar-refractivity contribution is 9.12. The number of rotatable bonds is 4. The first kappa shape index (κ1) is 17.4. The predicted molar refractivity (Wildman–Crippen MR) is 91.2 cm³/mol. The van der Waals surface area contributed by atoms with Crippen molar-refractivity contribution in [3.63, 3.8) is 0 Å². The van der Waals surface area contributed by atoms with E-state index in [0.29, 0.717) is 25.2 Å². The number of piperidine rings is 1. The Morgan fingerprint density at radius 1 is 1.52 bits per heavy atom. The largest absolute Gasteiger partial charge is 0.338 e. The molecule has 0 radical (unpaired) electrons. The average Bonchev–Trinajstić information content (AvgIpc) is 2.74. The fourth-order valence-electron chi connectivity index (χ4n) is 2.34. The maximum atomic E-state index is 12.5. The van der Waals surface area contributed by atoms with Gasteiger partial charge in [-0.05, 0) is 56.7 Å². The first-order valence-electron chi connectivity index (χ1n) is 6.45. The number of likely N-dealkylation sites (tertiary alicyclic amines) is 1. The van der Waals surface area contributed by atoms with Crippen LogP contribution in [0.5, 0.6) is 0 Å². The highest BCUT2D eigenvalue weighted by atomic mass is 79.9. The lowest BCUT2D eigenvalue weighted by atomic mass is 9.98. The van der Waals surface area contributed by atoms with Crippen molar-refractivity contribution in [1.82, 2.24) is 9.62 Å². The van der Waals surface area contributed by atoms with E-state index in [1.165, 1.54) is 11.3 Å². The van der Waals surface area contributed by atoms with E-state index in [2.05, 4.69) is 36.6 Å². The second-order valence-electron chi connectivity index (χ2n) is 5.12. The third-order valence-corrected chi connectivity index (χ3v) is 6.36. The fraction of sp³-hybridized carbons (Fsp3) is 0.583. The minimum absolute atomic E-state index is 0.00659. The molecule has 1 aromatic heterocycles. The molecule has 21 heavy (non-hydrogen) atoms. The van der Waals surface area contributed by atoms with Crippen LogP contribution in [0.15, 0.2) is 13.6 Å². The van der Waals surface area contributed by atoms with E-state index >= 15 is 0 Å².